The van der Waals surface area contributed by atoms with Crippen molar-refractivity contribution in [3.05, 3.63) is 23.3 Å². The highest BCUT2D eigenvalue weighted by Gasteiger charge is 2.12. The van der Waals surface area contributed by atoms with Crippen molar-refractivity contribution in [2.45, 2.75) is 40.5 Å². The molecule has 0 aromatic heterocycles. The molecule has 0 aromatic rings. The molecule has 0 N–H and O–H groups in total. The lowest BCUT2D eigenvalue weighted by Crippen LogP contribution is -1.83. The van der Waals surface area contributed by atoms with Gasteiger partial charge in [-0.1, -0.05) is 17.2 Å². The van der Waals surface area contributed by atoms with Crippen LogP contribution in [0, 0.1) is 0 Å². The summed E-state index contributed by atoms with van der Waals surface area (Å²) in [5.41, 5.74) is 2.64. The Hall–Kier alpha value is -0.460. The van der Waals surface area contributed by atoms with E-state index in [1.54, 1.807) is 0 Å². The van der Waals surface area contributed by atoms with Crippen LogP contribution < -0.4 is 0 Å². The first kappa shape index (κ1) is 14.5. The lowest BCUT2D eigenvalue weighted by Gasteiger charge is -1.96. The van der Waals surface area contributed by atoms with Gasteiger partial charge in [-0.05, 0) is 51.2 Å². The minimum Gasteiger partial charge on any atom is -0.146 e. The van der Waals surface area contributed by atoms with Crippen LogP contribution in [0.25, 0.3) is 0 Å². The molecular weight excluding hydrogens is 207 g/mol. The molecule has 0 spiro atoms. The third kappa shape index (κ3) is 9.84. The summed E-state index contributed by atoms with van der Waals surface area (Å²) >= 11 is 0. The number of rotatable bonds is 7. The van der Waals surface area contributed by atoms with Gasteiger partial charge in [0.2, 0.25) is 0 Å². The molecule has 0 saturated heterocycles. The Morgan fingerprint density at radius 1 is 1.27 bits per heavy atom. The SMILES string of the molecule is CCO[P+](=O)C/C=C(\C)CCC=C(C)C. The summed E-state index contributed by atoms with van der Waals surface area (Å²) in [6.07, 6.45) is 6.90. The van der Waals surface area contributed by atoms with Gasteiger partial charge in [0.05, 0.1) is 6.61 Å². The maximum absolute atomic E-state index is 11.2. The molecule has 86 valence electrons. The Morgan fingerprint density at radius 3 is 2.47 bits per heavy atom. The molecule has 2 nitrogen and oxygen atoms in total. The van der Waals surface area contributed by atoms with E-state index in [2.05, 4.69) is 26.8 Å². The molecule has 0 aliphatic rings. The van der Waals surface area contributed by atoms with Gasteiger partial charge in [-0.3, -0.25) is 0 Å². The quantitative estimate of drug-likeness (QED) is 0.476. The Labute approximate surface area is 94.3 Å². The summed E-state index contributed by atoms with van der Waals surface area (Å²) in [5.74, 6) is 0. The van der Waals surface area contributed by atoms with Gasteiger partial charge in [-0.15, -0.1) is 4.52 Å². The van der Waals surface area contributed by atoms with Crippen molar-refractivity contribution in [3.8, 4) is 0 Å². The molecule has 0 radical (unpaired) electrons. The zero-order valence-corrected chi connectivity index (χ0v) is 11.1. The average Bonchev–Trinajstić information content (AvgIpc) is 2.14. The van der Waals surface area contributed by atoms with E-state index in [4.69, 9.17) is 4.52 Å². The predicted octanol–water partition coefficient (Wildman–Crippen LogP) is 4.46. The van der Waals surface area contributed by atoms with Gasteiger partial charge in [-0.2, -0.15) is 0 Å². The second-order valence-electron chi connectivity index (χ2n) is 3.80. The zero-order valence-electron chi connectivity index (χ0n) is 10.2. The Balaban J connectivity index is 3.79. The standard InChI is InChI=1S/C12H22O2P/c1-5-14-15(13)10-9-12(4)8-6-7-11(2)3/h7,9H,5-6,8,10H2,1-4H3/q+1/b12-9+. The van der Waals surface area contributed by atoms with Crippen LogP contribution in [0.3, 0.4) is 0 Å². The average molecular weight is 229 g/mol. The fourth-order valence-corrected chi connectivity index (χ4v) is 1.97. The highest BCUT2D eigenvalue weighted by atomic mass is 31.1. The highest BCUT2D eigenvalue weighted by molar-refractivity contribution is 7.39. The Morgan fingerprint density at radius 2 is 1.93 bits per heavy atom. The van der Waals surface area contributed by atoms with Crippen LogP contribution in [0.4, 0.5) is 0 Å². The third-order valence-electron chi connectivity index (χ3n) is 1.95. The third-order valence-corrected chi connectivity index (χ3v) is 2.98. The van der Waals surface area contributed by atoms with Gasteiger partial charge in [0, 0.05) is 0 Å². The van der Waals surface area contributed by atoms with Crippen molar-refractivity contribution >= 4 is 8.03 Å². The van der Waals surface area contributed by atoms with Crippen LogP contribution in [0.1, 0.15) is 40.5 Å². The molecule has 0 aliphatic heterocycles. The summed E-state index contributed by atoms with van der Waals surface area (Å²) in [6.45, 7) is 8.67. The van der Waals surface area contributed by atoms with E-state index >= 15 is 0 Å². The maximum Gasteiger partial charge on any atom is 0.512 e. The minimum atomic E-state index is -1.48. The van der Waals surface area contributed by atoms with E-state index < -0.39 is 8.03 Å². The summed E-state index contributed by atoms with van der Waals surface area (Å²) in [5, 5.41) is 0. The molecule has 3 heteroatoms. The van der Waals surface area contributed by atoms with E-state index in [0.717, 1.165) is 12.8 Å². The molecule has 0 saturated carbocycles. The van der Waals surface area contributed by atoms with Gasteiger partial charge in [0.15, 0.2) is 6.16 Å². The molecule has 0 aliphatic carbocycles. The Kier molecular flexibility index (Phi) is 8.55. The first-order valence-electron chi connectivity index (χ1n) is 5.42. The van der Waals surface area contributed by atoms with E-state index in [9.17, 15) is 4.57 Å². The van der Waals surface area contributed by atoms with E-state index in [1.165, 1.54) is 11.1 Å². The van der Waals surface area contributed by atoms with Crippen LogP contribution in [0.2, 0.25) is 0 Å². The van der Waals surface area contributed by atoms with Crippen molar-refractivity contribution in [1.29, 1.82) is 0 Å². The largest absolute Gasteiger partial charge is 0.512 e. The summed E-state index contributed by atoms with van der Waals surface area (Å²) in [7, 11) is -1.48. The van der Waals surface area contributed by atoms with Gasteiger partial charge >= 0.3 is 8.03 Å². The van der Waals surface area contributed by atoms with Crippen LogP contribution in [-0.4, -0.2) is 12.8 Å². The van der Waals surface area contributed by atoms with Crippen LogP contribution in [0.15, 0.2) is 23.3 Å². The molecule has 0 heterocycles. The summed E-state index contributed by atoms with van der Waals surface area (Å²) < 4.78 is 16.2. The molecule has 1 atom stereocenters. The molecular formula is C12H22O2P+. The van der Waals surface area contributed by atoms with Gasteiger partial charge in [0.25, 0.3) is 0 Å². The van der Waals surface area contributed by atoms with Crippen LogP contribution >= 0.6 is 8.03 Å². The smallest absolute Gasteiger partial charge is 0.146 e. The fourth-order valence-electron chi connectivity index (χ4n) is 1.12. The van der Waals surface area contributed by atoms with E-state index in [1.807, 2.05) is 13.0 Å². The van der Waals surface area contributed by atoms with Gasteiger partial charge < -0.3 is 0 Å². The zero-order chi connectivity index (χ0) is 11.7. The van der Waals surface area contributed by atoms with Crippen molar-refractivity contribution in [1.82, 2.24) is 0 Å². The van der Waals surface area contributed by atoms with E-state index in [0.29, 0.717) is 12.8 Å². The second-order valence-corrected chi connectivity index (χ2v) is 5.09. The number of hydrogen-bond acceptors (Lipinski definition) is 2. The maximum atomic E-state index is 11.2. The highest BCUT2D eigenvalue weighted by Crippen LogP contribution is 2.22. The van der Waals surface area contributed by atoms with Crippen molar-refractivity contribution in [2.75, 3.05) is 12.8 Å². The lowest BCUT2D eigenvalue weighted by atomic mass is 10.1. The van der Waals surface area contributed by atoms with Gasteiger partial charge in [0.1, 0.15) is 0 Å². The topological polar surface area (TPSA) is 26.3 Å². The Bertz CT molecular complexity index is 250. The molecule has 0 aromatic carbocycles. The molecule has 0 amide bonds. The predicted molar refractivity (Wildman–Crippen MR) is 66.5 cm³/mol. The van der Waals surface area contributed by atoms with Gasteiger partial charge in [-0.25, -0.2) is 0 Å². The molecule has 0 fully saturated rings. The van der Waals surface area contributed by atoms with Crippen LogP contribution in [0.5, 0.6) is 0 Å². The van der Waals surface area contributed by atoms with Crippen molar-refractivity contribution < 1.29 is 9.09 Å². The first-order chi connectivity index (χ1) is 7.06. The number of allylic oxidation sites excluding steroid dienone is 4. The molecule has 0 rings (SSSR count). The lowest BCUT2D eigenvalue weighted by molar-refractivity contribution is 0.352. The first-order valence-corrected chi connectivity index (χ1v) is 6.79. The van der Waals surface area contributed by atoms with Crippen molar-refractivity contribution in [3.63, 3.8) is 0 Å². The summed E-state index contributed by atoms with van der Waals surface area (Å²) in [6, 6.07) is 0. The van der Waals surface area contributed by atoms with Crippen molar-refractivity contribution in [2.24, 2.45) is 0 Å². The van der Waals surface area contributed by atoms with E-state index in [-0.39, 0.29) is 0 Å². The second kappa shape index (κ2) is 8.82. The fraction of sp³-hybridized carbons (Fsp3) is 0.667. The summed E-state index contributed by atoms with van der Waals surface area (Å²) in [4.78, 5) is 0. The van der Waals surface area contributed by atoms with Crippen LogP contribution in [-0.2, 0) is 9.09 Å². The minimum absolute atomic E-state index is 0.528. The molecule has 15 heavy (non-hydrogen) atoms. The monoisotopic (exact) mass is 229 g/mol. The molecule has 1 unspecified atom stereocenters. The number of hydrogen-bond donors (Lipinski definition) is 0. The normalized spacial score (nSPS) is 12.5. The molecule has 0 bridgehead atoms.